The van der Waals surface area contributed by atoms with Crippen LogP contribution in [0.3, 0.4) is 0 Å². The predicted molar refractivity (Wildman–Crippen MR) is 455 cm³/mol. The SMILES string of the molecule is Clc1nc(-n2c3ccc(-c4ccc5c(c4)c4ccccc4n5-c4ccccc4)cc3c3cc(-c4ccc5c(c4)c4ccccc4n5-c4ccccc4)ccc32)cc(-n2c3ccc(-c4ccc5c(c4)c4ccccc4n5-c4ccccc4)cc3c3cc(-c4ccc5c(c4)c4ccccc4n5-c4ccccc4)ccc32)n1. The summed E-state index contributed by atoms with van der Waals surface area (Å²) in [6, 6.07) is 135. The van der Waals surface area contributed by atoms with Crippen LogP contribution in [0.2, 0.25) is 5.28 Å². The molecule has 23 aromatic rings. The van der Waals surface area contributed by atoms with Crippen LogP contribution in [0.5, 0.6) is 0 Å². The van der Waals surface area contributed by atoms with Gasteiger partial charge in [0.1, 0.15) is 11.6 Å². The van der Waals surface area contributed by atoms with Crippen molar-refractivity contribution in [2.75, 3.05) is 0 Å². The average molecular weight is 1410 g/mol. The molecule has 109 heavy (non-hydrogen) atoms. The third-order valence-electron chi connectivity index (χ3n) is 22.7. The Morgan fingerprint density at radius 3 is 0.550 bits per heavy atom. The molecule has 508 valence electrons. The smallest absolute Gasteiger partial charge is 0.226 e. The number of hydrogen-bond acceptors (Lipinski definition) is 2. The Kier molecular flexibility index (Phi) is 13.4. The molecule has 0 aliphatic heterocycles. The van der Waals surface area contributed by atoms with E-state index < -0.39 is 0 Å². The fourth-order valence-electron chi connectivity index (χ4n) is 17.9. The van der Waals surface area contributed by atoms with Gasteiger partial charge in [-0.2, -0.15) is 9.97 Å². The first-order valence-electron chi connectivity index (χ1n) is 37.0. The van der Waals surface area contributed by atoms with E-state index in [1.54, 1.807) is 0 Å². The molecule has 0 fully saturated rings. The minimum Gasteiger partial charge on any atom is -0.309 e. The lowest BCUT2D eigenvalue weighted by atomic mass is 9.98. The third kappa shape index (κ3) is 9.39. The molecule has 0 bridgehead atoms. The first-order chi connectivity index (χ1) is 54.0. The number of fused-ring (bicyclic) bond motifs is 18. The molecule has 23 rings (SSSR count). The summed E-state index contributed by atoms with van der Waals surface area (Å²) in [6.07, 6.45) is 0. The van der Waals surface area contributed by atoms with E-state index in [2.05, 4.69) is 397 Å². The highest BCUT2D eigenvalue weighted by atomic mass is 35.5. The van der Waals surface area contributed by atoms with Crippen molar-refractivity contribution >= 4 is 142 Å². The number of benzene rings is 16. The minimum absolute atomic E-state index is 0.135. The maximum atomic E-state index is 7.47. The zero-order chi connectivity index (χ0) is 71.5. The minimum atomic E-state index is 0.135. The summed E-state index contributed by atoms with van der Waals surface area (Å²) in [5, 5.41) is 14.1. The Balaban J connectivity index is 0.719. The van der Waals surface area contributed by atoms with E-state index in [0.717, 1.165) is 133 Å². The van der Waals surface area contributed by atoms with E-state index >= 15 is 0 Å². The molecule has 0 saturated carbocycles. The zero-order valence-corrected chi connectivity index (χ0v) is 59.4. The predicted octanol–water partition coefficient (Wildman–Crippen LogP) is 26.4. The molecule has 7 heterocycles. The van der Waals surface area contributed by atoms with Gasteiger partial charge in [-0.15, -0.1) is 0 Å². The van der Waals surface area contributed by atoms with Crippen LogP contribution >= 0.6 is 11.6 Å². The van der Waals surface area contributed by atoms with Crippen molar-refractivity contribution in [1.82, 2.24) is 37.4 Å². The van der Waals surface area contributed by atoms with Crippen LogP contribution in [0, 0.1) is 0 Å². The molecule has 0 spiro atoms. The maximum Gasteiger partial charge on any atom is 0.226 e. The summed E-state index contributed by atoms with van der Waals surface area (Å²) in [4.78, 5) is 10.5. The molecule has 16 aromatic carbocycles. The second kappa shape index (κ2) is 23.9. The van der Waals surface area contributed by atoms with E-state index in [0.29, 0.717) is 11.6 Å². The lowest BCUT2D eigenvalue weighted by molar-refractivity contribution is 0.987. The Bertz CT molecular complexity index is 6840. The van der Waals surface area contributed by atoms with Gasteiger partial charge >= 0.3 is 0 Å². The van der Waals surface area contributed by atoms with Crippen molar-refractivity contribution in [3.05, 3.63) is 375 Å². The summed E-state index contributed by atoms with van der Waals surface area (Å²) >= 11 is 7.47. The van der Waals surface area contributed by atoms with E-state index in [-0.39, 0.29) is 5.28 Å². The van der Waals surface area contributed by atoms with Crippen molar-refractivity contribution in [3.8, 4) is 78.9 Å². The average Bonchev–Trinajstić information content (AvgIpc) is 1.58. The number of rotatable bonds is 10. The van der Waals surface area contributed by atoms with Crippen LogP contribution in [0.25, 0.3) is 210 Å². The number of hydrogen-bond donors (Lipinski definition) is 0. The number of aromatic nitrogens is 8. The second-order valence-electron chi connectivity index (χ2n) is 28.6. The highest BCUT2D eigenvalue weighted by Crippen LogP contribution is 2.45. The summed E-state index contributed by atoms with van der Waals surface area (Å²) in [5.41, 5.74) is 26.7. The molecule has 0 aliphatic carbocycles. The molecular formula is C100H61ClN8. The summed E-state index contributed by atoms with van der Waals surface area (Å²) < 4.78 is 14.1. The molecule has 7 aromatic heterocycles. The highest BCUT2D eigenvalue weighted by Gasteiger charge is 2.24. The molecule has 8 nitrogen and oxygen atoms in total. The van der Waals surface area contributed by atoms with Crippen LogP contribution in [-0.4, -0.2) is 37.4 Å². The largest absolute Gasteiger partial charge is 0.309 e. The second-order valence-corrected chi connectivity index (χ2v) is 29.0. The Labute approximate surface area is 629 Å². The van der Waals surface area contributed by atoms with Gasteiger partial charge in [0.05, 0.1) is 66.2 Å². The van der Waals surface area contributed by atoms with Crippen LogP contribution in [-0.2, 0) is 0 Å². The van der Waals surface area contributed by atoms with E-state index in [1.807, 2.05) is 0 Å². The molecule has 0 saturated heterocycles. The van der Waals surface area contributed by atoms with E-state index in [1.165, 1.54) is 65.2 Å². The van der Waals surface area contributed by atoms with Crippen molar-refractivity contribution in [1.29, 1.82) is 0 Å². The first-order valence-corrected chi connectivity index (χ1v) is 37.4. The molecule has 9 heteroatoms. The first kappa shape index (κ1) is 61.0. The van der Waals surface area contributed by atoms with Crippen molar-refractivity contribution in [3.63, 3.8) is 0 Å². The van der Waals surface area contributed by atoms with Gasteiger partial charge in [-0.3, -0.25) is 9.13 Å². The standard InChI is InChI=1S/C100H61ClN8/c101-100-102-98(108-94-49-41-66(62-37-45-90-78(53-62)74-29-13-17-33-86(74)104(90)70-21-5-1-6-22-70)57-82(94)83-58-67(42-50-95(83)108)63-38-46-91-79(54-63)75-30-14-18-34-87(75)105(91)71-23-7-2-8-24-71)61-99(103-100)109-96-51-43-68(64-39-47-92-80(55-64)76-31-15-19-35-88(76)106(92)72-25-9-3-10-26-72)59-84(96)85-60-69(44-52-97(85)109)65-40-48-93-81(56-65)77-32-16-20-36-89(77)107(93)73-27-11-4-12-28-73/h1-61H. The summed E-state index contributed by atoms with van der Waals surface area (Å²) in [6.45, 7) is 0. The fourth-order valence-corrected chi connectivity index (χ4v) is 18.1. The molecule has 0 atom stereocenters. The number of nitrogens with zero attached hydrogens (tertiary/aromatic N) is 8. The van der Waals surface area contributed by atoms with Crippen molar-refractivity contribution < 1.29 is 0 Å². The van der Waals surface area contributed by atoms with Gasteiger partial charge in [-0.25, -0.2) is 0 Å². The molecule has 0 unspecified atom stereocenters. The Morgan fingerprint density at radius 2 is 0.330 bits per heavy atom. The van der Waals surface area contributed by atoms with E-state index in [9.17, 15) is 0 Å². The normalized spacial score (nSPS) is 12.1. The summed E-state index contributed by atoms with van der Waals surface area (Å²) in [7, 11) is 0. The van der Waals surface area contributed by atoms with Crippen LogP contribution in [0.15, 0.2) is 370 Å². The van der Waals surface area contributed by atoms with Gasteiger partial charge < -0.3 is 18.3 Å². The van der Waals surface area contributed by atoms with Gasteiger partial charge in [0, 0.05) is 93.5 Å². The molecule has 0 radical (unpaired) electrons. The van der Waals surface area contributed by atoms with Gasteiger partial charge in [0.2, 0.25) is 5.28 Å². The van der Waals surface area contributed by atoms with E-state index in [4.69, 9.17) is 21.6 Å². The quantitative estimate of drug-likeness (QED) is 0.128. The molecule has 0 N–H and O–H groups in total. The molecular weight excluding hydrogens is 1350 g/mol. The maximum absolute atomic E-state index is 7.47. The van der Waals surface area contributed by atoms with Gasteiger partial charge in [0.25, 0.3) is 0 Å². The molecule has 0 amide bonds. The lowest BCUT2D eigenvalue weighted by Gasteiger charge is -2.13. The number of halogens is 1. The lowest BCUT2D eigenvalue weighted by Crippen LogP contribution is -2.04. The van der Waals surface area contributed by atoms with Crippen LogP contribution in [0.1, 0.15) is 0 Å². The fraction of sp³-hybridized carbons (Fsp3) is 0. The Morgan fingerprint density at radius 1 is 0.156 bits per heavy atom. The van der Waals surface area contributed by atoms with Crippen molar-refractivity contribution in [2.24, 2.45) is 0 Å². The summed E-state index contributed by atoms with van der Waals surface area (Å²) in [5.74, 6) is 1.30. The van der Waals surface area contributed by atoms with Gasteiger partial charge in [-0.05, 0) is 226 Å². The topological polar surface area (TPSA) is 55.4 Å². The third-order valence-corrected chi connectivity index (χ3v) is 22.9. The monoisotopic (exact) mass is 1410 g/mol. The highest BCUT2D eigenvalue weighted by molar-refractivity contribution is 6.28. The van der Waals surface area contributed by atoms with Crippen LogP contribution < -0.4 is 0 Å². The van der Waals surface area contributed by atoms with Crippen molar-refractivity contribution in [2.45, 2.75) is 0 Å². The van der Waals surface area contributed by atoms with Gasteiger partial charge in [0.15, 0.2) is 0 Å². The van der Waals surface area contributed by atoms with Gasteiger partial charge in [-0.1, -0.05) is 194 Å². The number of para-hydroxylation sites is 8. The Hall–Kier alpha value is -14.3. The molecule has 0 aliphatic rings. The van der Waals surface area contributed by atoms with Crippen LogP contribution in [0.4, 0.5) is 0 Å². The zero-order valence-electron chi connectivity index (χ0n) is 58.7.